The lowest BCUT2D eigenvalue weighted by atomic mass is 9.44. The molecule has 16 nitrogen and oxygen atoms in total. The molecule has 10 rings (SSSR count). The van der Waals surface area contributed by atoms with E-state index in [1.54, 1.807) is 50.4 Å². The molecule has 3 amide bonds. The Hall–Kier alpha value is -6.23. The van der Waals surface area contributed by atoms with E-state index in [9.17, 15) is 39.3 Å². The summed E-state index contributed by atoms with van der Waals surface area (Å²) in [6, 6.07) is 19.8. The van der Waals surface area contributed by atoms with Gasteiger partial charge in [0.05, 0.1) is 6.10 Å². The fraction of sp³-hybridized carbons (Fsp3) is 0.509. The Labute approximate surface area is 416 Å². The van der Waals surface area contributed by atoms with Crippen molar-refractivity contribution in [2.45, 2.75) is 103 Å². The third-order valence-corrected chi connectivity index (χ3v) is 17.0. The van der Waals surface area contributed by atoms with Crippen molar-refractivity contribution in [2.75, 3.05) is 61.3 Å². The van der Waals surface area contributed by atoms with Gasteiger partial charge in [-0.2, -0.15) is 0 Å². The maximum Gasteiger partial charge on any atom is 0.269 e. The molecule has 0 saturated heterocycles. The lowest BCUT2D eigenvalue weighted by Crippen LogP contribution is -2.62. The second-order valence-corrected chi connectivity index (χ2v) is 20.8. The van der Waals surface area contributed by atoms with Gasteiger partial charge in [-0.3, -0.25) is 33.9 Å². The number of rotatable bonds is 9. The van der Waals surface area contributed by atoms with Crippen LogP contribution in [0.4, 0.5) is 28.4 Å². The van der Waals surface area contributed by atoms with Gasteiger partial charge >= 0.3 is 0 Å². The minimum Gasteiger partial charge on any atom is -0.393 e. The molecule has 4 heterocycles. The first kappa shape index (κ1) is 51.1. The van der Waals surface area contributed by atoms with Crippen LogP contribution in [0, 0.1) is 34.5 Å². The van der Waals surface area contributed by atoms with Gasteiger partial charge in [-0.25, -0.2) is 0 Å². The Morgan fingerprint density at radius 3 is 2.30 bits per heavy atom. The highest BCUT2D eigenvalue weighted by Gasteiger charge is 2.68. The Balaban J connectivity index is 0.000000144. The number of pyridine rings is 2. The summed E-state index contributed by atoms with van der Waals surface area (Å²) in [4.78, 5) is 72.6. The van der Waals surface area contributed by atoms with Crippen LogP contribution in [0.2, 0.25) is 0 Å². The maximum absolute atomic E-state index is 13.4. The zero-order chi connectivity index (χ0) is 50.8. The van der Waals surface area contributed by atoms with Crippen molar-refractivity contribution in [2.24, 2.45) is 34.5 Å². The molecule has 2 aliphatic heterocycles. The summed E-state index contributed by atoms with van der Waals surface area (Å²) >= 11 is 0. The number of hydrogen-bond donors (Lipinski definition) is 7. The normalized spacial score (nSPS) is 27.6. The smallest absolute Gasteiger partial charge is 0.269 e. The Bertz CT molecular complexity index is 2680. The molecule has 378 valence electrons. The highest BCUT2D eigenvalue weighted by molar-refractivity contribution is 5.95. The molecule has 0 spiro atoms. The van der Waals surface area contributed by atoms with E-state index in [1.165, 1.54) is 16.8 Å². The topological polar surface area (TPSA) is 226 Å². The van der Waals surface area contributed by atoms with Crippen molar-refractivity contribution in [1.82, 2.24) is 20.6 Å². The number of anilines is 5. The highest BCUT2D eigenvalue weighted by Crippen LogP contribution is 2.67. The number of benzene rings is 2. The van der Waals surface area contributed by atoms with Gasteiger partial charge < -0.3 is 46.4 Å². The van der Waals surface area contributed by atoms with Gasteiger partial charge in [0.2, 0.25) is 5.91 Å². The van der Waals surface area contributed by atoms with E-state index >= 15 is 0 Å². The van der Waals surface area contributed by atoms with Crippen LogP contribution < -0.4 is 31.1 Å². The standard InChI is InChI=1S/C21H32O5.C18H20N4O2.C16H18N4O/c1-19-7-5-13(23)9-12(19)3-4-14-15-6-8-21(26,17(25)11-22)20(15,2)10-16(24)18(14)19;1-12(23)22-9-7-13-10-14(4-5-17(13)22)21(3)15-6-8-20-16(11-15)18(24)19-2;1-17-16(21)15-9-13(5-7-19-15)20-10-11-2-3-14-12(8-11)4-6-18-14/h12-15,18,22-23,26H,3-11H2,1-2H3;4-6,8,10-11H,7,9H2,1-3H3,(H,19,24);2-3,5,7-9,18H,4,6,10H2,1H3,(H,17,21)(H,19,20)/t12-,13-,14+,15+,18-,19+,20+,21+;;/m1../s1. The number of carbonyl (C=O) groups is 5. The molecule has 71 heavy (non-hydrogen) atoms. The number of Topliss-reactive ketones (excluding diaryl/α,β-unsaturated/α-hetero) is 2. The molecule has 4 aliphatic carbocycles. The van der Waals surface area contributed by atoms with Gasteiger partial charge in [-0.15, -0.1) is 0 Å². The minimum atomic E-state index is -1.58. The second kappa shape index (κ2) is 20.9. The van der Waals surface area contributed by atoms with E-state index in [2.05, 4.69) is 62.4 Å². The van der Waals surface area contributed by atoms with Crippen LogP contribution in [-0.2, 0) is 33.8 Å². The van der Waals surface area contributed by atoms with E-state index in [4.69, 9.17) is 0 Å². The molecule has 0 radical (unpaired) electrons. The van der Waals surface area contributed by atoms with Crippen molar-refractivity contribution in [3.05, 3.63) is 101 Å². The monoisotopic (exact) mass is 971 g/mol. The molecule has 4 saturated carbocycles. The Kier molecular flexibility index (Phi) is 15.0. The first-order chi connectivity index (χ1) is 33.9. The zero-order valence-electron chi connectivity index (χ0n) is 41.9. The van der Waals surface area contributed by atoms with E-state index in [1.807, 2.05) is 43.1 Å². The van der Waals surface area contributed by atoms with Crippen LogP contribution in [0.25, 0.3) is 0 Å². The van der Waals surface area contributed by atoms with Crippen LogP contribution in [0.1, 0.15) is 110 Å². The molecule has 8 atom stereocenters. The number of ketones is 2. The van der Waals surface area contributed by atoms with E-state index in [-0.39, 0.29) is 59.2 Å². The predicted octanol–water partition coefficient (Wildman–Crippen LogP) is 6.00. The maximum atomic E-state index is 13.4. The highest BCUT2D eigenvalue weighted by atomic mass is 16.3. The molecule has 0 bridgehead atoms. The number of nitrogens with zero attached hydrogens (tertiary/aromatic N) is 4. The average molecular weight is 971 g/mol. The van der Waals surface area contributed by atoms with Crippen molar-refractivity contribution in [1.29, 1.82) is 0 Å². The first-order valence-corrected chi connectivity index (χ1v) is 25.1. The summed E-state index contributed by atoms with van der Waals surface area (Å²) in [5.74, 6) is 0.0581. The summed E-state index contributed by atoms with van der Waals surface area (Å²) in [6.07, 6.45) is 10.7. The second-order valence-electron chi connectivity index (χ2n) is 20.8. The van der Waals surface area contributed by atoms with E-state index < -0.39 is 23.4 Å². The number of amides is 3. The molecule has 2 aromatic carbocycles. The van der Waals surface area contributed by atoms with E-state index in [0.717, 1.165) is 99.3 Å². The molecule has 4 fully saturated rings. The summed E-state index contributed by atoms with van der Waals surface area (Å²) in [7, 11) is 5.13. The summed E-state index contributed by atoms with van der Waals surface area (Å²) in [6.45, 7) is 7.53. The van der Waals surface area contributed by atoms with Crippen LogP contribution in [-0.4, -0.2) is 107 Å². The summed E-state index contributed by atoms with van der Waals surface area (Å²) < 4.78 is 0. The first-order valence-electron chi connectivity index (χ1n) is 25.1. The molecule has 16 heteroatoms. The molecule has 2 aromatic heterocycles. The predicted molar refractivity (Wildman–Crippen MR) is 273 cm³/mol. The van der Waals surface area contributed by atoms with Gasteiger partial charge in [0.25, 0.3) is 11.8 Å². The molecule has 4 aromatic rings. The third-order valence-electron chi connectivity index (χ3n) is 17.0. The minimum absolute atomic E-state index is 0.0154. The number of nitrogens with one attached hydrogen (secondary N) is 4. The molecule has 0 unspecified atom stereocenters. The molecular weight excluding hydrogens is 901 g/mol. The van der Waals surface area contributed by atoms with Crippen molar-refractivity contribution >= 4 is 57.7 Å². The quantitative estimate of drug-likeness (QED) is 0.102. The van der Waals surface area contributed by atoms with Gasteiger partial charge in [0, 0.05) is 106 Å². The molecule has 7 N–H and O–H groups in total. The number of aromatic nitrogens is 2. The van der Waals surface area contributed by atoms with E-state index in [0.29, 0.717) is 23.7 Å². The largest absolute Gasteiger partial charge is 0.393 e. The van der Waals surface area contributed by atoms with Crippen molar-refractivity contribution in [3.63, 3.8) is 0 Å². The van der Waals surface area contributed by atoms with Crippen LogP contribution in [0.15, 0.2) is 73.1 Å². The Morgan fingerprint density at radius 1 is 0.859 bits per heavy atom. The zero-order valence-corrected chi connectivity index (χ0v) is 41.9. The van der Waals surface area contributed by atoms with Gasteiger partial charge in [-0.1, -0.05) is 26.0 Å². The summed E-state index contributed by atoms with van der Waals surface area (Å²) in [5, 5.41) is 42.5. The number of aliphatic hydroxyl groups excluding tert-OH is 2. The summed E-state index contributed by atoms with van der Waals surface area (Å²) in [5.41, 5.74) is 7.16. The number of fused-ring (bicyclic) bond motifs is 7. The van der Waals surface area contributed by atoms with Gasteiger partial charge in [-0.05, 0) is 146 Å². The molecule has 6 aliphatic rings. The van der Waals surface area contributed by atoms with Crippen LogP contribution in [0.3, 0.4) is 0 Å². The van der Waals surface area contributed by atoms with Crippen LogP contribution >= 0.6 is 0 Å². The fourth-order valence-electron chi connectivity index (χ4n) is 13.1. The lowest BCUT2D eigenvalue weighted by Gasteiger charge is -2.60. The van der Waals surface area contributed by atoms with Gasteiger partial charge in [0.1, 0.15) is 29.4 Å². The van der Waals surface area contributed by atoms with Crippen molar-refractivity contribution < 1.29 is 39.3 Å². The fourth-order valence-corrected chi connectivity index (χ4v) is 13.1. The lowest BCUT2D eigenvalue weighted by molar-refractivity contribution is -0.180. The number of hydrogen-bond acceptors (Lipinski definition) is 13. The Morgan fingerprint density at radius 2 is 1.58 bits per heavy atom. The van der Waals surface area contributed by atoms with Crippen LogP contribution in [0.5, 0.6) is 0 Å². The third kappa shape index (κ3) is 9.90. The van der Waals surface area contributed by atoms with Gasteiger partial charge in [0.15, 0.2) is 5.78 Å². The van der Waals surface area contributed by atoms with Crippen molar-refractivity contribution in [3.8, 4) is 0 Å². The SMILES string of the molecule is CNC(=O)c1cc(N(C)c2ccc3c(c2)CCN3C(C)=O)ccn1.CNC(=O)c1cc(NCc2ccc3c(c2)CCN3)ccn1.C[C@]12CC[C@@H](O)C[C@H]1CC[C@@H]1[C@@H]2C(=O)C[C@@]2(C)[C@H]1CC[C@]2(O)C(=O)CO. The number of carbonyl (C=O) groups excluding carboxylic acids is 5. The average Bonchev–Trinajstić information content (AvgIpc) is 4.11. The number of aliphatic hydroxyl groups is 3. The molecular formula is C55H70N8O8.